The van der Waals surface area contributed by atoms with Gasteiger partial charge in [0, 0.05) is 26.2 Å². The second-order valence-corrected chi connectivity index (χ2v) is 7.87. The summed E-state index contributed by atoms with van der Waals surface area (Å²) >= 11 is 0. The molecule has 5 nitrogen and oxygen atoms in total. The summed E-state index contributed by atoms with van der Waals surface area (Å²) in [4.78, 5) is 29.1. The summed E-state index contributed by atoms with van der Waals surface area (Å²) in [5, 5.41) is 4.97. The van der Waals surface area contributed by atoms with Crippen molar-refractivity contribution in [2.24, 2.45) is 0 Å². The first-order valence-electron chi connectivity index (χ1n) is 10.6. The molecular formula is C25H26FN3O2. The van der Waals surface area contributed by atoms with Gasteiger partial charge in [0.05, 0.1) is 12.1 Å². The van der Waals surface area contributed by atoms with E-state index in [1.54, 1.807) is 24.0 Å². The van der Waals surface area contributed by atoms with Crippen molar-refractivity contribution in [3.8, 4) is 0 Å². The number of hydrogen-bond donors (Lipinski definition) is 1. The van der Waals surface area contributed by atoms with Crippen molar-refractivity contribution in [3.63, 3.8) is 0 Å². The summed E-state index contributed by atoms with van der Waals surface area (Å²) in [6, 6.07) is 19.9. The molecule has 0 radical (unpaired) electrons. The Bertz CT molecular complexity index is 1090. The van der Waals surface area contributed by atoms with Crippen LogP contribution in [0.1, 0.15) is 12.5 Å². The average molecular weight is 420 g/mol. The van der Waals surface area contributed by atoms with Crippen LogP contribution < -0.4 is 10.2 Å². The molecule has 3 aromatic rings. The van der Waals surface area contributed by atoms with Crippen molar-refractivity contribution in [2.75, 3.05) is 31.1 Å². The number of hydrogen-bond acceptors (Lipinski definition) is 3. The van der Waals surface area contributed by atoms with Gasteiger partial charge in [0.2, 0.25) is 11.8 Å². The zero-order valence-corrected chi connectivity index (χ0v) is 17.6. The van der Waals surface area contributed by atoms with Gasteiger partial charge in [-0.1, -0.05) is 54.6 Å². The van der Waals surface area contributed by atoms with Crippen LogP contribution in [0.15, 0.2) is 66.7 Å². The maximum Gasteiger partial charge on any atom is 0.244 e. The monoisotopic (exact) mass is 419 g/mol. The highest BCUT2D eigenvalue weighted by Crippen LogP contribution is 2.21. The normalized spacial score (nSPS) is 15.0. The van der Waals surface area contributed by atoms with Crippen LogP contribution in [0.4, 0.5) is 10.1 Å². The molecule has 1 heterocycles. The highest BCUT2D eigenvalue weighted by molar-refractivity contribution is 5.92. The fraction of sp³-hybridized carbons (Fsp3) is 0.280. The predicted molar refractivity (Wildman–Crippen MR) is 120 cm³/mol. The zero-order valence-electron chi connectivity index (χ0n) is 17.6. The lowest BCUT2D eigenvalue weighted by molar-refractivity contribution is -0.136. The summed E-state index contributed by atoms with van der Waals surface area (Å²) in [6.07, 6.45) is 0.222. The fourth-order valence-corrected chi connectivity index (χ4v) is 4.12. The van der Waals surface area contributed by atoms with Crippen LogP contribution in [0.25, 0.3) is 10.8 Å². The van der Waals surface area contributed by atoms with Crippen molar-refractivity contribution in [2.45, 2.75) is 19.4 Å². The number of nitrogens with one attached hydrogen (secondary N) is 1. The maximum atomic E-state index is 14.0. The Labute approximate surface area is 181 Å². The zero-order chi connectivity index (χ0) is 21.8. The summed E-state index contributed by atoms with van der Waals surface area (Å²) < 4.78 is 14.0. The molecule has 0 aromatic heterocycles. The molecule has 1 aliphatic heterocycles. The van der Waals surface area contributed by atoms with E-state index in [9.17, 15) is 14.0 Å². The van der Waals surface area contributed by atoms with Crippen molar-refractivity contribution in [1.82, 2.24) is 10.2 Å². The van der Waals surface area contributed by atoms with Crippen molar-refractivity contribution in [3.05, 3.63) is 78.1 Å². The van der Waals surface area contributed by atoms with Gasteiger partial charge in [-0.3, -0.25) is 9.59 Å². The molecule has 3 aromatic carbocycles. The molecule has 1 fully saturated rings. The van der Waals surface area contributed by atoms with Gasteiger partial charge in [0.1, 0.15) is 11.9 Å². The van der Waals surface area contributed by atoms with Gasteiger partial charge >= 0.3 is 0 Å². The van der Waals surface area contributed by atoms with Crippen LogP contribution in [-0.2, 0) is 16.0 Å². The third kappa shape index (κ3) is 4.68. The molecule has 31 heavy (non-hydrogen) atoms. The Morgan fingerprint density at radius 3 is 2.39 bits per heavy atom. The Kier molecular flexibility index (Phi) is 6.16. The Hall–Kier alpha value is -3.41. The number of carbonyl (C=O) groups is 2. The first-order valence-corrected chi connectivity index (χ1v) is 10.6. The summed E-state index contributed by atoms with van der Waals surface area (Å²) in [5.41, 5.74) is 1.50. The molecule has 0 spiro atoms. The van der Waals surface area contributed by atoms with Gasteiger partial charge in [-0.15, -0.1) is 0 Å². The standard InChI is InChI=1S/C25H26FN3O2/c1-18(27-24(30)17-20-9-6-8-19-7-2-3-10-21(19)20)25(31)29-15-13-28(14-16-29)23-12-5-4-11-22(23)26/h2-12,18H,13-17H2,1H3,(H,27,30)/t18-/m0/s1. The molecule has 1 aliphatic rings. The lowest BCUT2D eigenvalue weighted by atomic mass is 10.0. The van der Waals surface area contributed by atoms with Crippen LogP contribution in [0.5, 0.6) is 0 Å². The third-order valence-corrected chi connectivity index (χ3v) is 5.76. The summed E-state index contributed by atoms with van der Waals surface area (Å²) in [5.74, 6) is -0.544. The second kappa shape index (κ2) is 9.16. The van der Waals surface area contributed by atoms with E-state index >= 15 is 0 Å². The minimum atomic E-state index is -0.609. The molecule has 6 heteroatoms. The van der Waals surface area contributed by atoms with Gasteiger partial charge in [0.25, 0.3) is 0 Å². The van der Waals surface area contributed by atoms with Crippen LogP contribution in [0.2, 0.25) is 0 Å². The minimum absolute atomic E-state index is 0.112. The van der Waals surface area contributed by atoms with Gasteiger partial charge in [-0.25, -0.2) is 4.39 Å². The van der Waals surface area contributed by atoms with E-state index in [1.807, 2.05) is 53.4 Å². The van der Waals surface area contributed by atoms with Gasteiger partial charge in [-0.05, 0) is 35.4 Å². The van der Waals surface area contributed by atoms with Crippen LogP contribution in [-0.4, -0.2) is 48.9 Å². The highest BCUT2D eigenvalue weighted by Gasteiger charge is 2.26. The first kappa shape index (κ1) is 20.8. The van der Waals surface area contributed by atoms with Crippen LogP contribution >= 0.6 is 0 Å². The van der Waals surface area contributed by atoms with Crippen molar-refractivity contribution < 1.29 is 14.0 Å². The number of para-hydroxylation sites is 1. The van der Waals surface area contributed by atoms with E-state index in [4.69, 9.17) is 0 Å². The molecule has 0 bridgehead atoms. The Morgan fingerprint density at radius 1 is 0.935 bits per heavy atom. The highest BCUT2D eigenvalue weighted by atomic mass is 19.1. The number of nitrogens with zero attached hydrogens (tertiary/aromatic N) is 2. The molecule has 160 valence electrons. The van der Waals surface area contributed by atoms with E-state index in [-0.39, 0.29) is 24.1 Å². The van der Waals surface area contributed by atoms with Crippen molar-refractivity contribution in [1.29, 1.82) is 0 Å². The number of benzene rings is 3. The third-order valence-electron chi connectivity index (χ3n) is 5.76. The number of rotatable bonds is 5. The SMILES string of the molecule is C[C@H](NC(=O)Cc1cccc2ccccc12)C(=O)N1CCN(c2ccccc2F)CC1. The van der Waals surface area contributed by atoms with E-state index < -0.39 is 6.04 Å². The second-order valence-electron chi connectivity index (χ2n) is 7.87. The lowest BCUT2D eigenvalue weighted by Gasteiger charge is -2.37. The van der Waals surface area contributed by atoms with Crippen LogP contribution in [0.3, 0.4) is 0 Å². The molecule has 0 aliphatic carbocycles. The van der Waals surface area contributed by atoms with Crippen LogP contribution in [0, 0.1) is 5.82 Å². The van der Waals surface area contributed by atoms with Crippen molar-refractivity contribution >= 4 is 28.3 Å². The number of carbonyl (C=O) groups excluding carboxylic acids is 2. The molecule has 4 rings (SSSR count). The van der Waals surface area contributed by atoms with Gasteiger partial charge in [-0.2, -0.15) is 0 Å². The summed E-state index contributed by atoms with van der Waals surface area (Å²) in [6.45, 7) is 3.83. The predicted octanol–water partition coefficient (Wildman–Crippen LogP) is 3.37. The van der Waals surface area contributed by atoms with Gasteiger partial charge in [0.15, 0.2) is 0 Å². The molecule has 0 saturated carbocycles. The molecule has 1 N–H and O–H groups in total. The topological polar surface area (TPSA) is 52.7 Å². The number of fused-ring (bicyclic) bond motifs is 1. The molecule has 1 atom stereocenters. The number of anilines is 1. The maximum absolute atomic E-state index is 14.0. The molecule has 2 amide bonds. The fourth-order valence-electron chi connectivity index (χ4n) is 4.12. The number of halogens is 1. The largest absolute Gasteiger partial charge is 0.366 e. The minimum Gasteiger partial charge on any atom is -0.366 e. The molecular weight excluding hydrogens is 393 g/mol. The van der Waals surface area contributed by atoms with E-state index in [2.05, 4.69) is 5.32 Å². The smallest absolute Gasteiger partial charge is 0.244 e. The Balaban J connectivity index is 1.32. The number of piperazine rings is 1. The van der Waals surface area contributed by atoms with E-state index in [1.165, 1.54) is 6.07 Å². The average Bonchev–Trinajstić information content (AvgIpc) is 2.79. The molecule has 1 saturated heterocycles. The number of amides is 2. The van der Waals surface area contributed by atoms with E-state index in [0.29, 0.717) is 31.9 Å². The van der Waals surface area contributed by atoms with E-state index in [0.717, 1.165) is 16.3 Å². The lowest BCUT2D eigenvalue weighted by Crippen LogP contribution is -2.54. The molecule has 0 unspecified atom stereocenters. The first-order chi connectivity index (χ1) is 15.0. The van der Waals surface area contributed by atoms with Gasteiger partial charge < -0.3 is 15.1 Å². The summed E-state index contributed by atoms with van der Waals surface area (Å²) in [7, 11) is 0. The quantitative estimate of drug-likeness (QED) is 0.690. The Morgan fingerprint density at radius 2 is 1.61 bits per heavy atom.